The molecule has 1 atom stereocenters. The summed E-state index contributed by atoms with van der Waals surface area (Å²) in [6.07, 6.45) is 3.40. The lowest BCUT2D eigenvalue weighted by Crippen LogP contribution is -2.23. The first kappa shape index (κ1) is 22.2. The van der Waals surface area contributed by atoms with Gasteiger partial charge in [0.15, 0.2) is 10.6 Å². The lowest BCUT2D eigenvalue weighted by atomic mass is 10.1. The summed E-state index contributed by atoms with van der Waals surface area (Å²) < 4.78 is 10.6. The predicted octanol–water partition coefficient (Wildman–Crippen LogP) is 5.57. The maximum atomic E-state index is 6.10. The molecule has 0 spiro atoms. The molecule has 1 aliphatic heterocycles. The minimum atomic E-state index is 0.185. The summed E-state index contributed by atoms with van der Waals surface area (Å²) >= 11 is 11.9. The molecule has 7 heteroatoms. The highest BCUT2D eigenvalue weighted by molar-refractivity contribution is 7.71. The Morgan fingerprint density at radius 1 is 1.13 bits per heavy atom. The van der Waals surface area contributed by atoms with E-state index < -0.39 is 0 Å². The zero-order valence-electron chi connectivity index (χ0n) is 18.1. The summed E-state index contributed by atoms with van der Waals surface area (Å²) in [6, 6.07) is 16.6. The average molecular weight is 457 g/mol. The Labute approximate surface area is 194 Å². The minimum Gasteiger partial charge on any atom is -0.376 e. The SMILES string of the molecule is CCc1ccc(CN(C)Cn2nc(-c3ccc(Cl)cc3)n(CC3CCCO3)c2=S)cc1. The number of aromatic nitrogens is 3. The Balaban J connectivity index is 1.57. The molecular formula is C24H29ClN4OS. The fourth-order valence-electron chi connectivity index (χ4n) is 3.97. The summed E-state index contributed by atoms with van der Waals surface area (Å²) in [5.74, 6) is 0.859. The smallest absolute Gasteiger partial charge is 0.199 e. The third-order valence-corrected chi connectivity index (χ3v) is 6.38. The van der Waals surface area contributed by atoms with Crippen molar-refractivity contribution in [3.63, 3.8) is 0 Å². The second-order valence-corrected chi connectivity index (χ2v) is 8.99. The van der Waals surface area contributed by atoms with Gasteiger partial charge >= 0.3 is 0 Å². The third kappa shape index (κ3) is 5.44. The van der Waals surface area contributed by atoms with Crippen molar-refractivity contribution in [3.05, 3.63) is 69.5 Å². The first-order valence-corrected chi connectivity index (χ1v) is 11.6. The van der Waals surface area contributed by atoms with Gasteiger partial charge in [-0.2, -0.15) is 5.10 Å². The van der Waals surface area contributed by atoms with E-state index in [9.17, 15) is 0 Å². The fraction of sp³-hybridized carbons (Fsp3) is 0.417. The molecule has 2 heterocycles. The monoisotopic (exact) mass is 456 g/mol. The fourth-order valence-corrected chi connectivity index (χ4v) is 4.36. The van der Waals surface area contributed by atoms with Gasteiger partial charge in [-0.15, -0.1) is 0 Å². The highest BCUT2D eigenvalue weighted by Gasteiger charge is 2.21. The Morgan fingerprint density at radius 3 is 2.48 bits per heavy atom. The van der Waals surface area contributed by atoms with Crippen molar-refractivity contribution in [1.82, 2.24) is 19.2 Å². The van der Waals surface area contributed by atoms with Crippen LogP contribution in [0.25, 0.3) is 11.4 Å². The van der Waals surface area contributed by atoms with Crippen molar-refractivity contribution in [2.24, 2.45) is 0 Å². The maximum absolute atomic E-state index is 6.10. The average Bonchev–Trinajstić information content (AvgIpc) is 3.39. The van der Waals surface area contributed by atoms with E-state index in [0.29, 0.717) is 16.5 Å². The van der Waals surface area contributed by atoms with Crippen molar-refractivity contribution in [3.8, 4) is 11.4 Å². The van der Waals surface area contributed by atoms with Crippen LogP contribution < -0.4 is 0 Å². The number of rotatable bonds is 8. The van der Waals surface area contributed by atoms with Gasteiger partial charge in [-0.1, -0.05) is 42.8 Å². The molecule has 0 aliphatic carbocycles. The van der Waals surface area contributed by atoms with E-state index in [4.69, 9.17) is 33.7 Å². The van der Waals surface area contributed by atoms with Crippen molar-refractivity contribution in [2.75, 3.05) is 13.7 Å². The highest BCUT2D eigenvalue weighted by Crippen LogP contribution is 2.23. The number of aryl methyl sites for hydroxylation is 1. The number of ether oxygens (including phenoxy) is 1. The molecular weight excluding hydrogens is 428 g/mol. The van der Waals surface area contributed by atoms with Gasteiger partial charge in [0.2, 0.25) is 0 Å². The quantitative estimate of drug-likeness (QED) is 0.415. The number of halogens is 1. The molecule has 0 radical (unpaired) electrons. The minimum absolute atomic E-state index is 0.185. The van der Waals surface area contributed by atoms with E-state index in [1.807, 2.05) is 28.9 Å². The van der Waals surface area contributed by atoms with E-state index >= 15 is 0 Å². The van der Waals surface area contributed by atoms with Crippen LogP contribution >= 0.6 is 23.8 Å². The van der Waals surface area contributed by atoms with Crippen molar-refractivity contribution < 1.29 is 4.74 Å². The van der Waals surface area contributed by atoms with Crippen LogP contribution in [0.1, 0.15) is 30.9 Å². The Morgan fingerprint density at radius 2 is 1.84 bits per heavy atom. The third-order valence-electron chi connectivity index (χ3n) is 5.69. The zero-order chi connectivity index (χ0) is 21.8. The number of hydrogen-bond donors (Lipinski definition) is 0. The lowest BCUT2D eigenvalue weighted by Gasteiger charge is -2.17. The van der Waals surface area contributed by atoms with Gasteiger partial charge in [0.25, 0.3) is 0 Å². The van der Waals surface area contributed by atoms with Gasteiger partial charge in [0.05, 0.1) is 19.3 Å². The van der Waals surface area contributed by atoms with Crippen LogP contribution in [0.5, 0.6) is 0 Å². The van der Waals surface area contributed by atoms with Gasteiger partial charge in [-0.3, -0.25) is 9.47 Å². The van der Waals surface area contributed by atoms with E-state index in [0.717, 1.165) is 50.3 Å². The van der Waals surface area contributed by atoms with Gasteiger partial charge in [0.1, 0.15) is 0 Å². The molecule has 2 aromatic carbocycles. The van der Waals surface area contributed by atoms with Crippen LogP contribution in [0.15, 0.2) is 48.5 Å². The molecule has 0 bridgehead atoms. The van der Waals surface area contributed by atoms with Gasteiger partial charge in [-0.25, -0.2) is 4.68 Å². The van der Waals surface area contributed by atoms with Crippen LogP contribution in [-0.4, -0.2) is 39.0 Å². The number of benzene rings is 2. The zero-order valence-corrected chi connectivity index (χ0v) is 19.7. The number of nitrogens with zero attached hydrogens (tertiary/aromatic N) is 4. The van der Waals surface area contributed by atoms with Gasteiger partial charge in [0, 0.05) is 23.7 Å². The Kier molecular flexibility index (Phi) is 7.23. The molecule has 3 aromatic rings. The number of hydrogen-bond acceptors (Lipinski definition) is 4. The Hall–Kier alpha value is -1.99. The molecule has 31 heavy (non-hydrogen) atoms. The topological polar surface area (TPSA) is 35.2 Å². The first-order valence-electron chi connectivity index (χ1n) is 10.8. The molecule has 1 aliphatic rings. The highest BCUT2D eigenvalue weighted by atomic mass is 35.5. The van der Waals surface area contributed by atoms with Crippen LogP contribution in [0.4, 0.5) is 0 Å². The second-order valence-electron chi connectivity index (χ2n) is 8.18. The molecule has 0 amide bonds. The molecule has 1 unspecified atom stereocenters. The first-order chi connectivity index (χ1) is 15.0. The van der Waals surface area contributed by atoms with Crippen molar-refractivity contribution in [1.29, 1.82) is 0 Å². The summed E-state index contributed by atoms with van der Waals surface area (Å²) in [6.45, 7) is 5.17. The molecule has 1 saturated heterocycles. The van der Waals surface area contributed by atoms with Crippen LogP contribution in [0, 0.1) is 4.77 Å². The largest absolute Gasteiger partial charge is 0.376 e. The molecule has 4 rings (SSSR count). The maximum Gasteiger partial charge on any atom is 0.199 e. The predicted molar refractivity (Wildman–Crippen MR) is 128 cm³/mol. The van der Waals surface area contributed by atoms with Crippen LogP contribution in [0.3, 0.4) is 0 Å². The molecule has 5 nitrogen and oxygen atoms in total. The molecule has 1 fully saturated rings. The van der Waals surface area contributed by atoms with Crippen molar-refractivity contribution in [2.45, 2.75) is 52.0 Å². The van der Waals surface area contributed by atoms with Gasteiger partial charge in [-0.05, 0) is 73.9 Å². The van der Waals surface area contributed by atoms with E-state index in [-0.39, 0.29) is 6.10 Å². The van der Waals surface area contributed by atoms with Crippen LogP contribution in [-0.2, 0) is 30.9 Å². The summed E-state index contributed by atoms with van der Waals surface area (Å²) in [5, 5.41) is 5.61. The lowest BCUT2D eigenvalue weighted by molar-refractivity contribution is 0.0967. The normalized spacial score (nSPS) is 16.3. The van der Waals surface area contributed by atoms with E-state index in [1.165, 1.54) is 11.1 Å². The summed E-state index contributed by atoms with van der Waals surface area (Å²) in [5.41, 5.74) is 3.64. The van der Waals surface area contributed by atoms with E-state index in [2.05, 4.69) is 47.7 Å². The molecule has 0 N–H and O–H groups in total. The summed E-state index contributed by atoms with van der Waals surface area (Å²) in [7, 11) is 2.09. The summed E-state index contributed by atoms with van der Waals surface area (Å²) in [4.78, 5) is 2.23. The van der Waals surface area contributed by atoms with Gasteiger partial charge < -0.3 is 4.74 Å². The van der Waals surface area contributed by atoms with Crippen LogP contribution in [0.2, 0.25) is 5.02 Å². The molecule has 164 valence electrons. The van der Waals surface area contributed by atoms with E-state index in [1.54, 1.807) is 0 Å². The standard InChI is InChI=1S/C24H29ClN4OS/c1-3-18-6-8-19(9-7-18)15-27(2)17-29-24(31)28(16-22-5-4-14-30-22)23(26-29)20-10-12-21(25)13-11-20/h6-13,22H,3-5,14-17H2,1-2H3. The Bertz CT molecular complexity index is 1050. The molecule has 1 aromatic heterocycles. The second kappa shape index (κ2) is 10.1. The van der Waals surface area contributed by atoms with Crippen molar-refractivity contribution >= 4 is 23.8 Å². The molecule has 0 saturated carbocycles.